The fourth-order valence-electron chi connectivity index (χ4n) is 1.99. The van der Waals surface area contributed by atoms with Crippen molar-refractivity contribution >= 4 is 5.91 Å². The van der Waals surface area contributed by atoms with E-state index in [0.29, 0.717) is 24.4 Å². The molecule has 18 heavy (non-hydrogen) atoms. The van der Waals surface area contributed by atoms with Crippen LogP contribution in [0.4, 0.5) is 0 Å². The highest BCUT2D eigenvalue weighted by Gasteiger charge is 2.24. The SMILES string of the molecule is COc1ccc(C(O)C(=O)N2CCNCC2)cc1. The number of carbonyl (C=O) groups is 1. The van der Waals surface area contributed by atoms with Crippen LogP contribution < -0.4 is 10.1 Å². The molecule has 0 aromatic heterocycles. The lowest BCUT2D eigenvalue weighted by atomic mass is 10.1. The Hall–Kier alpha value is -1.59. The number of nitrogens with one attached hydrogen (secondary N) is 1. The Kier molecular flexibility index (Phi) is 4.17. The third-order valence-corrected chi connectivity index (χ3v) is 3.09. The molecule has 1 atom stereocenters. The van der Waals surface area contributed by atoms with Crippen LogP contribution in [0.25, 0.3) is 0 Å². The molecule has 0 aliphatic carbocycles. The third-order valence-electron chi connectivity index (χ3n) is 3.09. The van der Waals surface area contributed by atoms with E-state index in [1.165, 1.54) is 0 Å². The van der Waals surface area contributed by atoms with Crippen LogP contribution in [0.5, 0.6) is 5.75 Å². The molecule has 0 bridgehead atoms. The summed E-state index contributed by atoms with van der Waals surface area (Å²) in [7, 11) is 1.58. The van der Waals surface area contributed by atoms with Crippen LogP contribution in [-0.2, 0) is 4.79 Å². The van der Waals surface area contributed by atoms with E-state index in [2.05, 4.69) is 5.32 Å². The Morgan fingerprint density at radius 2 is 1.94 bits per heavy atom. The average molecular weight is 250 g/mol. The van der Waals surface area contributed by atoms with Gasteiger partial charge in [0.05, 0.1) is 7.11 Å². The van der Waals surface area contributed by atoms with Gasteiger partial charge in [0.2, 0.25) is 0 Å². The topological polar surface area (TPSA) is 61.8 Å². The second-order valence-corrected chi connectivity index (χ2v) is 4.25. The molecule has 1 saturated heterocycles. The molecule has 0 saturated carbocycles. The fourth-order valence-corrected chi connectivity index (χ4v) is 1.99. The molecule has 2 N–H and O–H groups in total. The number of benzene rings is 1. The van der Waals surface area contributed by atoms with E-state index in [1.54, 1.807) is 36.3 Å². The van der Waals surface area contributed by atoms with Crippen molar-refractivity contribution < 1.29 is 14.6 Å². The molecule has 0 spiro atoms. The Morgan fingerprint density at radius 1 is 1.33 bits per heavy atom. The number of hydrogen-bond acceptors (Lipinski definition) is 4. The van der Waals surface area contributed by atoms with E-state index < -0.39 is 6.10 Å². The van der Waals surface area contributed by atoms with Crippen LogP contribution in [0.15, 0.2) is 24.3 Å². The molecule has 1 heterocycles. The Labute approximate surface area is 106 Å². The van der Waals surface area contributed by atoms with Crippen molar-refractivity contribution in [1.82, 2.24) is 10.2 Å². The summed E-state index contributed by atoms with van der Waals surface area (Å²) < 4.78 is 5.04. The number of piperazine rings is 1. The molecule has 1 aromatic carbocycles. The zero-order valence-corrected chi connectivity index (χ0v) is 10.4. The lowest BCUT2D eigenvalue weighted by Gasteiger charge is -2.29. The third kappa shape index (κ3) is 2.80. The Balaban J connectivity index is 2.04. The first kappa shape index (κ1) is 12.9. The first-order valence-electron chi connectivity index (χ1n) is 6.04. The van der Waals surface area contributed by atoms with E-state index in [1.807, 2.05) is 0 Å². The van der Waals surface area contributed by atoms with E-state index >= 15 is 0 Å². The van der Waals surface area contributed by atoms with E-state index in [9.17, 15) is 9.90 Å². The standard InChI is InChI=1S/C13H18N2O3/c1-18-11-4-2-10(3-5-11)12(16)13(17)15-8-6-14-7-9-15/h2-5,12,14,16H,6-9H2,1H3. The van der Waals surface area contributed by atoms with Gasteiger partial charge in [-0.3, -0.25) is 4.79 Å². The van der Waals surface area contributed by atoms with E-state index in [0.717, 1.165) is 13.1 Å². The van der Waals surface area contributed by atoms with Crippen LogP contribution in [0.1, 0.15) is 11.7 Å². The zero-order chi connectivity index (χ0) is 13.0. The lowest BCUT2D eigenvalue weighted by molar-refractivity contribution is -0.141. The number of aliphatic hydroxyl groups is 1. The summed E-state index contributed by atoms with van der Waals surface area (Å²) in [6.07, 6.45) is -1.09. The monoisotopic (exact) mass is 250 g/mol. The Morgan fingerprint density at radius 3 is 2.50 bits per heavy atom. The molecule has 1 aliphatic heterocycles. The number of rotatable bonds is 3. The van der Waals surface area contributed by atoms with Crippen molar-refractivity contribution in [2.24, 2.45) is 0 Å². The smallest absolute Gasteiger partial charge is 0.256 e. The van der Waals surface area contributed by atoms with E-state index in [4.69, 9.17) is 4.74 Å². The molecule has 1 amide bonds. The number of ether oxygens (including phenoxy) is 1. The minimum absolute atomic E-state index is 0.235. The molecule has 5 nitrogen and oxygen atoms in total. The van der Waals surface area contributed by atoms with Crippen LogP contribution in [-0.4, -0.2) is 49.2 Å². The summed E-state index contributed by atoms with van der Waals surface area (Å²) >= 11 is 0. The molecule has 1 unspecified atom stereocenters. The van der Waals surface area contributed by atoms with Gasteiger partial charge < -0.3 is 20.1 Å². The van der Waals surface area contributed by atoms with Crippen molar-refractivity contribution in [2.45, 2.75) is 6.10 Å². The number of hydrogen-bond donors (Lipinski definition) is 2. The predicted molar refractivity (Wildman–Crippen MR) is 67.4 cm³/mol. The molecule has 0 radical (unpaired) electrons. The highest BCUT2D eigenvalue weighted by molar-refractivity contribution is 5.82. The van der Waals surface area contributed by atoms with E-state index in [-0.39, 0.29) is 5.91 Å². The second kappa shape index (κ2) is 5.84. The maximum Gasteiger partial charge on any atom is 0.256 e. The van der Waals surface area contributed by atoms with Crippen LogP contribution in [0.2, 0.25) is 0 Å². The maximum absolute atomic E-state index is 12.1. The van der Waals surface area contributed by atoms with Gasteiger partial charge in [0.15, 0.2) is 6.10 Å². The number of carbonyl (C=O) groups excluding carboxylic acids is 1. The minimum atomic E-state index is -1.09. The minimum Gasteiger partial charge on any atom is -0.497 e. The van der Waals surface area contributed by atoms with Gasteiger partial charge in [-0.2, -0.15) is 0 Å². The molecule has 1 aromatic rings. The number of amides is 1. The normalized spacial score (nSPS) is 17.3. The molecule has 1 fully saturated rings. The van der Waals surface area contributed by atoms with Gasteiger partial charge in [0, 0.05) is 26.2 Å². The molecular formula is C13H18N2O3. The number of methoxy groups -OCH3 is 1. The maximum atomic E-state index is 12.1. The average Bonchev–Trinajstić information content (AvgIpc) is 2.47. The summed E-state index contributed by atoms with van der Waals surface area (Å²) in [4.78, 5) is 13.8. The number of nitrogens with zero attached hydrogens (tertiary/aromatic N) is 1. The quantitative estimate of drug-likeness (QED) is 0.802. The summed E-state index contributed by atoms with van der Waals surface area (Å²) in [5, 5.41) is 13.2. The van der Waals surface area contributed by atoms with Gasteiger partial charge in [0.1, 0.15) is 5.75 Å². The van der Waals surface area contributed by atoms with Gasteiger partial charge >= 0.3 is 0 Å². The van der Waals surface area contributed by atoms with Gasteiger partial charge in [-0.25, -0.2) is 0 Å². The largest absolute Gasteiger partial charge is 0.497 e. The zero-order valence-electron chi connectivity index (χ0n) is 10.4. The lowest BCUT2D eigenvalue weighted by Crippen LogP contribution is -2.48. The van der Waals surface area contributed by atoms with Crippen LogP contribution in [0.3, 0.4) is 0 Å². The molecule has 2 rings (SSSR count). The van der Waals surface area contributed by atoms with Gasteiger partial charge in [-0.1, -0.05) is 12.1 Å². The summed E-state index contributed by atoms with van der Waals surface area (Å²) in [6, 6.07) is 6.90. The highest BCUT2D eigenvalue weighted by Crippen LogP contribution is 2.19. The first-order chi connectivity index (χ1) is 8.72. The second-order valence-electron chi connectivity index (χ2n) is 4.25. The van der Waals surface area contributed by atoms with Crippen LogP contribution >= 0.6 is 0 Å². The molecular weight excluding hydrogens is 232 g/mol. The van der Waals surface area contributed by atoms with Gasteiger partial charge in [0.25, 0.3) is 5.91 Å². The van der Waals surface area contributed by atoms with Crippen LogP contribution in [0, 0.1) is 0 Å². The van der Waals surface area contributed by atoms with Crippen molar-refractivity contribution in [3.63, 3.8) is 0 Å². The van der Waals surface area contributed by atoms with Gasteiger partial charge in [-0.15, -0.1) is 0 Å². The molecule has 98 valence electrons. The van der Waals surface area contributed by atoms with Crippen molar-refractivity contribution in [3.05, 3.63) is 29.8 Å². The molecule has 5 heteroatoms. The van der Waals surface area contributed by atoms with Crippen molar-refractivity contribution in [1.29, 1.82) is 0 Å². The predicted octanol–water partition coefficient (Wildman–Crippen LogP) is 0.160. The van der Waals surface area contributed by atoms with Crippen molar-refractivity contribution in [2.75, 3.05) is 33.3 Å². The summed E-state index contributed by atoms with van der Waals surface area (Å²) in [5.74, 6) is 0.474. The Bertz CT molecular complexity index is 399. The fraction of sp³-hybridized carbons (Fsp3) is 0.462. The molecule has 1 aliphatic rings. The first-order valence-corrected chi connectivity index (χ1v) is 6.04. The highest BCUT2D eigenvalue weighted by atomic mass is 16.5. The van der Waals surface area contributed by atoms with Crippen molar-refractivity contribution in [3.8, 4) is 5.75 Å². The van der Waals surface area contributed by atoms with Gasteiger partial charge in [-0.05, 0) is 17.7 Å². The number of aliphatic hydroxyl groups excluding tert-OH is 1. The summed E-state index contributed by atoms with van der Waals surface area (Å²) in [6.45, 7) is 2.85. The summed E-state index contributed by atoms with van der Waals surface area (Å²) in [5.41, 5.74) is 0.597.